The number of hydrogen-bond acceptors (Lipinski definition) is 4. The van der Waals surface area contributed by atoms with E-state index >= 15 is 0 Å². The van der Waals surface area contributed by atoms with Gasteiger partial charge in [0.2, 0.25) is 5.91 Å². The fraction of sp³-hybridized carbons (Fsp3) is 0.409. The zero-order chi connectivity index (χ0) is 18.6. The van der Waals surface area contributed by atoms with Crippen LogP contribution in [-0.4, -0.2) is 48.5 Å². The molecule has 0 N–H and O–H groups in total. The predicted molar refractivity (Wildman–Crippen MR) is 104 cm³/mol. The highest BCUT2D eigenvalue weighted by atomic mass is 16.6. The summed E-state index contributed by atoms with van der Waals surface area (Å²) >= 11 is 0. The van der Waals surface area contributed by atoms with Gasteiger partial charge in [-0.15, -0.1) is 0 Å². The van der Waals surface area contributed by atoms with Gasteiger partial charge < -0.3 is 14.4 Å². The van der Waals surface area contributed by atoms with Crippen LogP contribution in [0, 0.1) is 0 Å². The maximum Gasteiger partial charge on any atom is 0.219 e. The van der Waals surface area contributed by atoms with E-state index < -0.39 is 0 Å². The number of rotatable bonds is 3. The smallest absolute Gasteiger partial charge is 0.219 e. The molecule has 0 aliphatic carbocycles. The van der Waals surface area contributed by atoms with Crippen molar-refractivity contribution in [1.29, 1.82) is 0 Å². The van der Waals surface area contributed by atoms with Crippen LogP contribution in [-0.2, 0) is 11.3 Å². The lowest BCUT2D eigenvalue weighted by atomic mass is 10.1. The normalized spacial score (nSPS) is 20.2. The molecule has 0 bridgehead atoms. The van der Waals surface area contributed by atoms with Crippen molar-refractivity contribution in [2.45, 2.75) is 26.0 Å². The summed E-state index contributed by atoms with van der Waals surface area (Å²) in [6, 6.07) is 16.4. The van der Waals surface area contributed by atoms with Gasteiger partial charge in [0.25, 0.3) is 0 Å². The van der Waals surface area contributed by atoms with E-state index in [0.717, 1.165) is 56.2 Å². The molecule has 1 saturated heterocycles. The van der Waals surface area contributed by atoms with Gasteiger partial charge >= 0.3 is 0 Å². The van der Waals surface area contributed by atoms with Crippen LogP contribution >= 0.6 is 0 Å². The number of ether oxygens (including phenoxy) is 2. The Balaban J connectivity index is 1.36. The van der Waals surface area contributed by atoms with Crippen LogP contribution in [0.25, 0.3) is 0 Å². The molecule has 1 fully saturated rings. The summed E-state index contributed by atoms with van der Waals surface area (Å²) in [7, 11) is 0. The third-order valence-corrected chi connectivity index (χ3v) is 5.30. The molecule has 0 spiro atoms. The van der Waals surface area contributed by atoms with Gasteiger partial charge in [0.05, 0.1) is 0 Å². The fourth-order valence-electron chi connectivity index (χ4n) is 3.72. The predicted octanol–water partition coefficient (Wildman–Crippen LogP) is 3.25. The second kappa shape index (κ2) is 8.01. The van der Waals surface area contributed by atoms with Gasteiger partial charge in [0, 0.05) is 39.6 Å². The summed E-state index contributed by atoms with van der Waals surface area (Å²) in [5.74, 6) is 1.79. The van der Waals surface area contributed by atoms with E-state index in [4.69, 9.17) is 9.47 Å². The van der Waals surface area contributed by atoms with Crippen LogP contribution in [0.3, 0.4) is 0 Å². The second-order valence-corrected chi connectivity index (χ2v) is 7.24. The monoisotopic (exact) mass is 366 g/mol. The SMILES string of the molecule is CC(=O)N1CCCN(Cc2ccc(C3COc4ccccc4O3)cc2)CC1. The van der Waals surface area contributed by atoms with Gasteiger partial charge in [0.1, 0.15) is 6.61 Å². The first-order valence-corrected chi connectivity index (χ1v) is 9.64. The van der Waals surface area contributed by atoms with E-state index in [0.29, 0.717) is 6.61 Å². The largest absolute Gasteiger partial charge is 0.485 e. The molecule has 2 heterocycles. The van der Waals surface area contributed by atoms with E-state index in [9.17, 15) is 4.79 Å². The number of nitrogens with zero attached hydrogens (tertiary/aromatic N) is 2. The maximum absolute atomic E-state index is 11.6. The van der Waals surface area contributed by atoms with Crippen molar-refractivity contribution in [3.05, 3.63) is 59.7 Å². The molecule has 142 valence electrons. The third kappa shape index (κ3) is 4.25. The van der Waals surface area contributed by atoms with Gasteiger partial charge in [-0.05, 0) is 29.7 Å². The first kappa shape index (κ1) is 17.9. The van der Waals surface area contributed by atoms with Gasteiger partial charge in [-0.25, -0.2) is 0 Å². The Kier molecular flexibility index (Phi) is 5.30. The Bertz CT molecular complexity index is 790. The first-order valence-electron chi connectivity index (χ1n) is 9.64. The van der Waals surface area contributed by atoms with Crippen molar-refractivity contribution in [2.24, 2.45) is 0 Å². The Labute approximate surface area is 160 Å². The van der Waals surface area contributed by atoms with Crippen molar-refractivity contribution in [2.75, 3.05) is 32.8 Å². The zero-order valence-corrected chi connectivity index (χ0v) is 15.8. The lowest BCUT2D eigenvalue weighted by Gasteiger charge is -2.27. The fourth-order valence-corrected chi connectivity index (χ4v) is 3.72. The minimum Gasteiger partial charge on any atom is -0.485 e. The number of carbonyl (C=O) groups is 1. The van der Waals surface area contributed by atoms with Crippen LogP contribution < -0.4 is 9.47 Å². The van der Waals surface area contributed by atoms with Crippen LogP contribution in [0.4, 0.5) is 0 Å². The molecule has 1 amide bonds. The number of carbonyl (C=O) groups excluding carboxylic acids is 1. The summed E-state index contributed by atoms with van der Waals surface area (Å²) in [6.45, 7) is 6.75. The number of amides is 1. The number of hydrogen-bond donors (Lipinski definition) is 0. The molecular formula is C22H26N2O3. The lowest BCUT2D eigenvalue weighted by Crippen LogP contribution is -2.33. The highest BCUT2D eigenvalue weighted by Gasteiger charge is 2.22. The molecule has 2 aromatic rings. The van der Waals surface area contributed by atoms with Crippen LogP contribution in [0.1, 0.15) is 30.6 Å². The number of fused-ring (bicyclic) bond motifs is 1. The van der Waals surface area contributed by atoms with Gasteiger partial charge in [-0.2, -0.15) is 0 Å². The summed E-state index contributed by atoms with van der Waals surface area (Å²) in [5, 5.41) is 0. The molecule has 0 saturated carbocycles. The van der Waals surface area contributed by atoms with Crippen LogP contribution in [0.15, 0.2) is 48.5 Å². The van der Waals surface area contributed by atoms with Crippen molar-refractivity contribution >= 4 is 5.91 Å². The standard InChI is InChI=1S/C22H26N2O3/c1-17(25)24-12-4-11-23(13-14-24)15-18-7-9-19(10-8-18)22-16-26-20-5-2-3-6-21(20)27-22/h2-3,5-10,22H,4,11-16H2,1H3. The van der Waals surface area contributed by atoms with Crippen molar-refractivity contribution < 1.29 is 14.3 Å². The topological polar surface area (TPSA) is 42.0 Å². The van der Waals surface area contributed by atoms with E-state index in [1.807, 2.05) is 29.2 Å². The third-order valence-electron chi connectivity index (χ3n) is 5.30. The molecule has 27 heavy (non-hydrogen) atoms. The summed E-state index contributed by atoms with van der Waals surface area (Å²) in [6.07, 6.45) is 0.959. The van der Waals surface area contributed by atoms with Gasteiger partial charge in [-0.3, -0.25) is 9.69 Å². The highest BCUT2D eigenvalue weighted by molar-refractivity contribution is 5.73. The minimum atomic E-state index is -0.0729. The van der Waals surface area contributed by atoms with E-state index in [1.165, 1.54) is 5.56 Å². The Hall–Kier alpha value is -2.53. The summed E-state index contributed by atoms with van der Waals surface area (Å²) in [5.41, 5.74) is 2.42. The molecule has 2 aliphatic rings. The van der Waals surface area contributed by atoms with Gasteiger partial charge in [0.15, 0.2) is 17.6 Å². The quantitative estimate of drug-likeness (QED) is 0.836. The maximum atomic E-state index is 11.6. The van der Waals surface area contributed by atoms with Crippen molar-refractivity contribution in [1.82, 2.24) is 9.80 Å². The molecule has 2 aliphatic heterocycles. The highest BCUT2D eigenvalue weighted by Crippen LogP contribution is 2.35. The van der Waals surface area contributed by atoms with Crippen LogP contribution in [0.5, 0.6) is 11.5 Å². The molecule has 5 nitrogen and oxygen atoms in total. The molecule has 0 aromatic heterocycles. The number of para-hydroxylation sites is 2. The minimum absolute atomic E-state index is 0.0729. The Morgan fingerprint density at radius 2 is 1.78 bits per heavy atom. The molecule has 4 rings (SSSR count). The average Bonchev–Trinajstić information content (AvgIpc) is 2.94. The van der Waals surface area contributed by atoms with E-state index in [1.54, 1.807) is 6.92 Å². The lowest BCUT2D eigenvalue weighted by molar-refractivity contribution is -0.128. The van der Waals surface area contributed by atoms with Gasteiger partial charge in [-0.1, -0.05) is 36.4 Å². The molecule has 2 aromatic carbocycles. The second-order valence-electron chi connectivity index (χ2n) is 7.24. The van der Waals surface area contributed by atoms with Crippen molar-refractivity contribution in [3.63, 3.8) is 0 Å². The average molecular weight is 366 g/mol. The zero-order valence-electron chi connectivity index (χ0n) is 15.8. The van der Waals surface area contributed by atoms with Crippen molar-refractivity contribution in [3.8, 4) is 11.5 Å². The Morgan fingerprint density at radius 3 is 2.56 bits per heavy atom. The molecular weight excluding hydrogens is 340 g/mol. The van der Waals surface area contributed by atoms with Crippen LogP contribution in [0.2, 0.25) is 0 Å². The number of benzene rings is 2. The molecule has 5 heteroatoms. The van der Waals surface area contributed by atoms with E-state index in [-0.39, 0.29) is 12.0 Å². The molecule has 1 unspecified atom stereocenters. The first-order chi connectivity index (χ1) is 13.2. The van der Waals surface area contributed by atoms with E-state index in [2.05, 4.69) is 29.2 Å². The Morgan fingerprint density at radius 1 is 1.00 bits per heavy atom. The summed E-state index contributed by atoms with van der Waals surface area (Å²) in [4.78, 5) is 15.9. The summed E-state index contributed by atoms with van der Waals surface area (Å²) < 4.78 is 11.9. The molecule has 0 radical (unpaired) electrons. The molecule has 1 atom stereocenters.